The molecule has 2 aromatic rings. The third-order valence-corrected chi connectivity index (χ3v) is 4.73. The smallest absolute Gasteiger partial charge is 0.410 e. The summed E-state index contributed by atoms with van der Waals surface area (Å²) in [5.74, 6) is 0.689. The van der Waals surface area contributed by atoms with Crippen molar-refractivity contribution in [3.05, 3.63) is 23.9 Å². The second-order valence-corrected chi connectivity index (χ2v) is 7.83. The summed E-state index contributed by atoms with van der Waals surface area (Å²) < 4.78 is 16.4. The van der Waals surface area contributed by atoms with Crippen molar-refractivity contribution >= 4 is 17.1 Å². The number of carbonyl (C=O) groups is 1. The van der Waals surface area contributed by atoms with Gasteiger partial charge in [0.25, 0.3) is 0 Å². The minimum Gasteiger partial charge on any atom is -0.493 e. The molecule has 1 fully saturated rings. The van der Waals surface area contributed by atoms with Crippen molar-refractivity contribution < 1.29 is 18.8 Å². The molecule has 0 aliphatic carbocycles. The molecule has 142 valence electrons. The summed E-state index contributed by atoms with van der Waals surface area (Å²) in [6.07, 6.45) is 4.55. The van der Waals surface area contributed by atoms with Gasteiger partial charge >= 0.3 is 6.09 Å². The normalized spacial score (nSPS) is 18.2. The maximum Gasteiger partial charge on any atom is 0.410 e. The molecule has 1 aromatic heterocycles. The fourth-order valence-electron chi connectivity index (χ4n) is 3.49. The van der Waals surface area contributed by atoms with Gasteiger partial charge in [-0.15, -0.1) is 0 Å². The van der Waals surface area contributed by atoms with Gasteiger partial charge in [0.05, 0.1) is 12.8 Å². The highest BCUT2D eigenvalue weighted by atomic mass is 16.6. The first kappa shape index (κ1) is 18.5. The number of nitrogens with zero attached hydrogens (tertiary/aromatic N) is 2. The molecule has 0 spiro atoms. The lowest BCUT2D eigenvalue weighted by atomic mass is 9.97. The van der Waals surface area contributed by atoms with Crippen LogP contribution in [0.5, 0.6) is 5.75 Å². The fourth-order valence-corrected chi connectivity index (χ4v) is 3.49. The van der Waals surface area contributed by atoms with E-state index >= 15 is 0 Å². The number of ether oxygens (including phenoxy) is 2. The average Bonchev–Trinajstić information content (AvgIpc) is 3.02. The molecular formula is C20H28N2O4. The first-order chi connectivity index (χ1) is 12.4. The molecule has 1 unspecified atom stereocenters. The number of para-hydroxylation sites is 1. The Kier molecular flexibility index (Phi) is 5.39. The van der Waals surface area contributed by atoms with Crippen molar-refractivity contribution in [2.24, 2.45) is 0 Å². The van der Waals surface area contributed by atoms with Gasteiger partial charge in [-0.1, -0.05) is 11.2 Å². The predicted molar refractivity (Wildman–Crippen MR) is 99.5 cm³/mol. The topological polar surface area (TPSA) is 64.8 Å². The number of piperidine rings is 1. The number of hydrogen-bond acceptors (Lipinski definition) is 5. The summed E-state index contributed by atoms with van der Waals surface area (Å²) in [6, 6.07) is 5.98. The van der Waals surface area contributed by atoms with E-state index in [2.05, 4.69) is 5.16 Å². The van der Waals surface area contributed by atoms with Gasteiger partial charge < -0.3 is 18.9 Å². The molecule has 1 saturated heterocycles. The van der Waals surface area contributed by atoms with Crippen molar-refractivity contribution in [3.63, 3.8) is 0 Å². The van der Waals surface area contributed by atoms with Crippen LogP contribution in [-0.4, -0.2) is 41.4 Å². The summed E-state index contributed by atoms with van der Waals surface area (Å²) in [4.78, 5) is 14.4. The molecule has 0 N–H and O–H groups in total. The Labute approximate surface area is 154 Å². The summed E-state index contributed by atoms with van der Waals surface area (Å²) in [5.41, 5.74) is 1.11. The Morgan fingerprint density at radius 1 is 1.35 bits per heavy atom. The predicted octanol–water partition coefficient (Wildman–Crippen LogP) is 4.56. The number of aryl methyl sites for hydroxylation is 1. The van der Waals surface area contributed by atoms with E-state index in [1.807, 2.05) is 43.9 Å². The van der Waals surface area contributed by atoms with Crippen molar-refractivity contribution in [1.82, 2.24) is 10.1 Å². The molecule has 1 aliphatic heterocycles. The number of aromatic nitrogens is 1. The highest BCUT2D eigenvalue weighted by molar-refractivity contribution is 5.84. The van der Waals surface area contributed by atoms with Gasteiger partial charge in [-0.25, -0.2) is 4.79 Å². The monoisotopic (exact) mass is 360 g/mol. The van der Waals surface area contributed by atoms with Gasteiger partial charge in [0.2, 0.25) is 5.58 Å². The van der Waals surface area contributed by atoms with Crippen LogP contribution >= 0.6 is 0 Å². The van der Waals surface area contributed by atoms with Crippen LogP contribution in [0.4, 0.5) is 4.79 Å². The molecule has 1 amide bonds. The molecule has 2 heterocycles. The maximum atomic E-state index is 12.5. The molecule has 0 bridgehead atoms. The average molecular weight is 360 g/mol. The summed E-state index contributed by atoms with van der Waals surface area (Å²) >= 11 is 0. The van der Waals surface area contributed by atoms with E-state index in [1.165, 1.54) is 0 Å². The second-order valence-electron chi connectivity index (χ2n) is 7.83. The van der Waals surface area contributed by atoms with E-state index in [1.54, 1.807) is 7.11 Å². The lowest BCUT2D eigenvalue weighted by Crippen LogP contribution is -2.46. The molecule has 1 atom stereocenters. The van der Waals surface area contributed by atoms with Crippen LogP contribution in [0.25, 0.3) is 11.0 Å². The second kappa shape index (κ2) is 7.56. The molecule has 26 heavy (non-hydrogen) atoms. The van der Waals surface area contributed by atoms with Gasteiger partial charge in [0.1, 0.15) is 5.60 Å². The zero-order valence-corrected chi connectivity index (χ0v) is 16.1. The highest BCUT2D eigenvalue weighted by Crippen LogP contribution is 2.30. The van der Waals surface area contributed by atoms with E-state index < -0.39 is 5.60 Å². The largest absolute Gasteiger partial charge is 0.493 e. The Bertz CT molecular complexity index is 763. The number of methoxy groups -OCH3 is 1. The van der Waals surface area contributed by atoms with Gasteiger partial charge in [-0.3, -0.25) is 0 Å². The molecule has 1 aliphatic rings. The number of carbonyl (C=O) groups excluding carboxylic acids is 1. The molecular weight excluding hydrogens is 332 g/mol. The first-order valence-electron chi connectivity index (χ1n) is 9.30. The number of fused-ring (bicyclic) bond motifs is 1. The van der Waals surface area contributed by atoms with Crippen LogP contribution in [0.2, 0.25) is 0 Å². The number of benzene rings is 1. The van der Waals surface area contributed by atoms with Crippen LogP contribution in [0.3, 0.4) is 0 Å². The van der Waals surface area contributed by atoms with Crippen LogP contribution < -0.4 is 4.74 Å². The molecule has 0 radical (unpaired) electrons. The molecule has 6 heteroatoms. The zero-order chi connectivity index (χ0) is 18.7. The maximum absolute atomic E-state index is 12.5. The number of amides is 1. The molecule has 0 saturated carbocycles. The Morgan fingerprint density at radius 2 is 2.15 bits per heavy atom. The van der Waals surface area contributed by atoms with Crippen molar-refractivity contribution in [1.29, 1.82) is 0 Å². The third kappa shape index (κ3) is 4.11. The van der Waals surface area contributed by atoms with Crippen molar-refractivity contribution in [2.45, 2.75) is 64.5 Å². The van der Waals surface area contributed by atoms with Gasteiger partial charge in [-0.05, 0) is 65.0 Å². The van der Waals surface area contributed by atoms with E-state index in [9.17, 15) is 4.79 Å². The van der Waals surface area contributed by atoms with Crippen LogP contribution in [-0.2, 0) is 11.2 Å². The van der Waals surface area contributed by atoms with Crippen LogP contribution in [0.1, 0.15) is 52.1 Å². The Balaban J connectivity index is 1.70. The number of hydrogen-bond donors (Lipinski definition) is 0. The first-order valence-corrected chi connectivity index (χ1v) is 9.30. The van der Waals surface area contributed by atoms with E-state index in [0.29, 0.717) is 11.3 Å². The van der Waals surface area contributed by atoms with Crippen molar-refractivity contribution in [3.8, 4) is 5.75 Å². The molecule has 6 nitrogen and oxygen atoms in total. The van der Waals surface area contributed by atoms with Crippen molar-refractivity contribution in [2.75, 3.05) is 13.7 Å². The Morgan fingerprint density at radius 3 is 2.88 bits per heavy atom. The van der Waals surface area contributed by atoms with E-state index in [4.69, 9.17) is 14.0 Å². The van der Waals surface area contributed by atoms with Crippen LogP contribution in [0.15, 0.2) is 22.7 Å². The summed E-state index contributed by atoms with van der Waals surface area (Å²) in [6.45, 7) is 6.46. The SMILES string of the molecule is COc1cccc2c(CCC3CCCCN3C(=O)OC(C)(C)C)noc12. The highest BCUT2D eigenvalue weighted by Gasteiger charge is 2.30. The zero-order valence-electron chi connectivity index (χ0n) is 16.1. The van der Waals surface area contributed by atoms with Gasteiger partial charge in [0.15, 0.2) is 5.75 Å². The lowest BCUT2D eigenvalue weighted by molar-refractivity contribution is 0.00888. The quantitative estimate of drug-likeness (QED) is 0.800. The lowest BCUT2D eigenvalue weighted by Gasteiger charge is -2.36. The summed E-state index contributed by atoms with van der Waals surface area (Å²) in [5, 5.41) is 5.20. The Hall–Kier alpha value is -2.24. The minimum atomic E-state index is -0.474. The third-order valence-electron chi connectivity index (χ3n) is 4.73. The molecule has 1 aromatic carbocycles. The van der Waals surface area contributed by atoms with E-state index in [-0.39, 0.29) is 12.1 Å². The fraction of sp³-hybridized carbons (Fsp3) is 0.600. The standard InChI is InChI=1S/C20H28N2O4/c1-20(2,3)25-19(23)22-13-6-5-8-14(22)11-12-16-15-9-7-10-17(24-4)18(15)26-21-16/h7,9-10,14H,5-6,8,11-13H2,1-4H3. The van der Waals surface area contributed by atoms with Gasteiger partial charge in [0, 0.05) is 18.0 Å². The number of rotatable bonds is 4. The van der Waals surface area contributed by atoms with Gasteiger partial charge in [-0.2, -0.15) is 0 Å². The minimum absolute atomic E-state index is 0.177. The number of likely N-dealkylation sites (tertiary alicyclic amines) is 1. The molecule has 3 rings (SSSR count). The van der Waals surface area contributed by atoms with E-state index in [0.717, 1.165) is 49.7 Å². The van der Waals surface area contributed by atoms with Crippen LogP contribution in [0, 0.1) is 0 Å². The summed E-state index contributed by atoms with van der Waals surface area (Å²) in [7, 11) is 1.62.